The fourth-order valence-corrected chi connectivity index (χ4v) is 3.11. The van der Waals surface area contributed by atoms with Gasteiger partial charge in [-0.15, -0.1) is 11.8 Å². The molecule has 1 unspecified atom stereocenters. The van der Waals surface area contributed by atoms with Crippen LogP contribution >= 0.6 is 11.8 Å². The highest BCUT2D eigenvalue weighted by molar-refractivity contribution is 7.99. The summed E-state index contributed by atoms with van der Waals surface area (Å²) >= 11 is 1.82. The molecule has 0 bridgehead atoms. The maximum absolute atomic E-state index is 5.91. The van der Waals surface area contributed by atoms with Gasteiger partial charge in [-0.2, -0.15) is 0 Å². The van der Waals surface area contributed by atoms with Gasteiger partial charge < -0.3 is 15.2 Å². The van der Waals surface area contributed by atoms with Crippen LogP contribution in [0.2, 0.25) is 0 Å². The summed E-state index contributed by atoms with van der Waals surface area (Å²) in [5, 5.41) is 0. The van der Waals surface area contributed by atoms with E-state index in [4.69, 9.17) is 15.2 Å². The van der Waals surface area contributed by atoms with Gasteiger partial charge in [-0.25, -0.2) is 0 Å². The second-order valence-electron chi connectivity index (χ2n) is 4.70. The molecule has 1 aromatic rings. The molecule has 19 heavy (non-hydrogen) atoms. The van der Waals surface area contributed by atoms with E-state index >= 15 is 0 Å². The lowest BCUT2D eigenvalue weighted by Gasteiger charge is -2.16. The van der Waals surface area contributed by atoms with E-state index in [-0.39, 0.29) is 6.04 Å². The molecular weight excluding hydrogens is 258 g/mol. The van der Waals surface area contributed by atoms with Gasteiger partial charge in [0.25, 0.3) is 0 Å². The van der Waals surface area contributed by atoms with Gasteiger partial charge in [0.1, 0.15) is 11.5 Å². The first kappa shape index (κ1) is 16.2. The maximum Gasteiger partial charge on any atom is 0.135 e. The molecule has 0 amide bonds. The minimum absolute atomic E-state index is 0.106. The summed E-state index contributed by atoms with van der Waals surface area (Å²) in [5.74, 6) is 2.91. The van der Waals surface area contributed by atoms with E-state index in [1.807, 2.05) is 30.8 Å². The summed E-state index contributed by atoms with van der Waals surface area (Å²) in [7, 11) is 3.41. The third-order valence-corrected chi connectivity index (χ3v) is 3.95. The highest BCUT2D eigenvalue weighted by Gasteiger charge is 2.14. The number of ether oxygens (including phenoxy) is 2. The molecule has 0 saturated carbocycles. The van der Waals surface area contributed by atoms with Gasteiger partial charge in [0.2, 0.25) is 0 Å². The molecule has 0 heterocycles. The minimum atomic E-state index is 0.106. The van der Waals surface area contributed by atoms with Gasteiger partial charge in [-0.1, -0.05) is 13.3 Å². The Morgan fingerprint density at radius 2 is 2.00 bits per heavy atom. The van der Waals surface area contributed by atoms with Crippen molar-refractivity contribution in [3.8, 4) is 11.5 Å². The Morgan fingerprint density at radius 3 is 2.53 bits per heavy atom. The molecule has 3 nitrogen and oxygen atoms in total. The zero-order valence-electron chi connectivity index (χ0n) is 12.4. The van der Waals surface area contributed by atoms with Crippen molar-refractivity contribution in [3.05, 3.63) is 17.7 Å². The van der Waals surface area contributed by atoms with E-state index in [0.717, 1.165) is 34.1 Å². The zero-order valence-corrected chi connectivity index (χ0v) is 13.2. The Bertz CT molecular complexity index is 394. The van der Waals surface area contributed by atoms with E-state index < -0.39 is 0 Å². The second kappa shape index (κ2) is 8.33. The lowest BCUT2D eigenvalue weighted by Crippen LogP contribution is -2.18. The Hall–Kier alpha value is -0.870. The molecule has 0 aromatic heterocycles. The molecule has 108 valence electrons. The lowest BCUT2D eigenvalue weighted by molar-refractivity contribution is 0.388. The Morgan fingerprint density at radius 1 is 1.26 bits per heavy atom. The molecule has 0 aliphatic heterocycles. The number of hydrogen-bond donors (Lipinski definition) is 1. The number of thioether (sulfide) groups is 1. The quantitative estimate of drug-likeness (QED) is 0.586. The number of nitrogens with two attached hydrogens (primary N) is 1. The molecule has 0 saturated heterocycles. The number of unbranched alkanes of at least 4 members (excludes halogenated alkanes) is 1. The molecule has 1 aromatic carbocycles. The van der Waals surface area contributed by atoms with Crippen LogP contribution in [0.1, 0.15) is 32.3 Å². The second-order valence-corrected chi connectivity index (χ2v) is 5.84. The summed E-state index contributed by atoms with van der Waals surface area (Å²) in [6.45, 7) is 4.20. The summed E-state index contributed by atoms with van der Waals surface area (Å²) in [5.41, 5.74) is 7.03. The van der Waals surface area contributed by atoms with Crippen LogP contribution in [0.15, 0.2) is 17.0 Å². The van der Waals surface area contributed by atoms with Crippen molar-refractivity contribution >= 4 is 11.8 Å². The van der Waals surface area contributed by atoms with E-state index in [0.29, 0.717) is 0 Å². The van der Waals surface area contributed by atoms with Crippen LogP contribution in [0, 0.1) is 0 Å². The molecule has 0 radical (unpaired) electrons. The first-order valence-corrected chi connectivity index (χ1v) is 7.74. The van der Waals surface area contributed by atoms with Gasteiger partial charge in [-0.05, 0) is 37.7 Å². The normalized spacial score (nSPS) is 12.3. The van der Waals surface area contributed by atoms with Gasteiger partial charge >= 0.3 is 0 Å². The smallest absolute Gasteiger partial charge is 0.135 e. The molecular formula is C15H25NO2S. The van der Waals surface area contributed by atoms with E-state index in [1.165, 1.54) is 12.8 Å². The van der Waals surface area contributed by atoms with Gasteiger partial charge in [-0.3, -0.25) is 0 Å². The number of rotatable bonds is 8. The zero-order chi connectivity index (χ0) is 14.3. The Labute approximate surface area is 120 Å². The molecule has 2 N–H and O–H groups in total. The lowest BCUT2D eigenvalue weighted by atomic mass is 10.1. The Balaban J connectivity index is 3.03. The molecule has 4 heteroatoms. The first-order chi connectivity index (χ1) is 9.12. The average molecular weight is 283 g/mol. The highest BCUT2D eigenvalue weighted by atomic mass is 32.2. The highest BCUT2D eigenvalue weighted by Crippen LogP contribution is 2.37. The first-order valence-electron chi connectivity index (χ1n) is 6.75. The standard InChI is InChI=1S/C15H25NO2S/c1-5-6-7-19-14-10-13(17-3)9-12(8-11(2)16)15(14)18-4/h9-11H,5-8,16H2,1-4H3. The van der Waals surface area contributed by atoms with Crippen molar-refractivity contribution in [2.45, 2.75) is 44.0 Å². The van der Waals surface area contributed by atoms with Crippen molar-refractivity contribution in [3.63, 3.8) is 0 Å². The van der Waals surface area contributed by atoms with Crippen LogP contribution in [0.3, 0.4) is 0 Å². The largest absolute Gasteiger partial charge is 0.497 e. The molecule has 0 aliphatic rings. The monoisotopic (exact) mass is 283 g/mol. The van der Waals surface area contributed by atoms with Crippen molar-refractivity contribution in [1.82, 2.24) is 0 Å². The van der Waals surface area contributed by atoms with Gasteiger partial charge in [0.15, 0.2) is 0 Å². The summed E-state index contributed by atoms with van der Waals surface area (Å²) < 4.78 is 10.9. The van der Waals surface area contributed by atoms with Crippen molar-refractivity contribution < 1.29 is 9.47 Å². The third-order valence-electron chi connectivity index (χ3n) is 2.84. The molecule has 1 atom stereocenters. The van der Waals surface area contributed by atoms with Crippen LogP contribution in [-0.2, 0) is 6.42 Å². The summed E-state index contributed by atoms with van der Waals surface area (Å²) in [4.78, 5) is 1.14. The number of hydrogen-bond acceptors (Lipinski definition) is 4. The van der Waals surface area contributed by atoms with E-state index in [9.17, 15) is 0 Å². The molecule has 0 aliphatic carbocycles. The summed E-state index contributed by atoms with van der Waals surface area (Å²) in [6.07, 6.45) is 3.20. The van der Waals surface area contributed by atoms with E-state index in [2.05, 4.69) is 6.92 Å². The van der Waals surface area contributed by atoms with E-state index in [1.54, 1.807) is 14.2 Å². The van der Waals surface area contributed by atoms with Gasteiger partial charge in [0, 0.05) is 11.6 Å². The number of benzene rings is 1. The summed E-state index contributed by atoms with van der Waals surface area (Å²) in [6, 6.07) is 4.17. The van der Waals surface area contributed by atoms with Crippen LogP contribution in [0.5, 0.6) is 11.5 Å². The fraction of sp³-hybridized carbons (Fsp3) is 0.600. The average Bonchev–Trinajstić information content (AvgIpc) is 2.38. The minimum Gasteiger partial charge on any atom is -0.497 e. The van der Waals surface area contributed by atoms with Crippen molar-refractivity contribution in [2.75, 3.05) is 20.0 Å². The number of methoxy groups -OCH3 is 2. The van der Waals surface area contributed by atoms with Crippen molar-refractivity contribution in [2.24, 2.45) is 5.73 Å². The topological polar surface area (TPSA) is 44.5 Å². The maximum atomic E-state index is 5.91. The molecule has 0 fully saturated rings. The van der Waals surface area contributed by atoms with Crippen LogP contribution in [-0.4, -0.2) is 26.0 Å². The Kier molecular flexibility index (Phi) is 7.10. The van der Waals surface area contributed by atoms with Crippen LogP contribution < -0.4 is 15.2 Å². The van der Waals surface area contributed by atoms with Crippen molar-refractivity contribution in [1.29, 1.82) is 0 Å². The SMILES string of the molecule is CCCCSc1cc(OC)cc(CC(C)N)c1OC. The predicted molar refractivity (Wildman–Crippen MR) is 82.5 cm³/mol. The van der Waals surface area contributed by atoms with Crippen LogP contribution in [0.25, 0.3) is 0 Å². The third kappa shape index (κ3) is 4.96. The van der Waals surface area contributed by atoms with Gasteiger partial charge in [0.05, 0.1) is 19.1 Å². The molecule has 0 spiro atoms. The predicted octanol–water partition coefficient (Wildman–Crippen LogP) is 3.49. The van der Waals surface area contributed by atoms with Crippen LogP contribution in [0.4, 0.5) is 0 Å². The fourth-order valence-electron chi connectivity index (χ4n) is 1.91. The molecule has 1 rings (SSSR count).